The largest absolute Gasteiger partial charge is 0.330 e. The number of hydrogen-bond donors (Lipinski definition) is 2. The molecule has 2 nitrogen and oxygen atoms in total. The van der Waals surface area contributed by atoms with E-state index in [-0.39, 0.29) is 0 Å². The molecule has 0 bridgehead atoms. The van der Waals surface area contributed by atoms with Crippen LogP contribution in [0.5, 0.6) is 0 Å². The van der Waals surface area contributed by atoms with Gasteiger partial charge in [0.2, 0.25) is 0 Å². The van der Waals surface area contributed by atoms with Crippen molar-refractivity contribution in [1.82, 2.24) is 5.32 Å². The van der Waals surface area contributed by atoms with Crippen molar-refractivity contribution in [2.45, 2.75) is 20.3 Å². The zero-order valence-electron chi connectivity index (χ0n) is 8.14. The molecule has 0 aliphatic heterocycles. The molecule has 0 rings (SSSR count). The van der Waals surface area contributed by atoms with Crippen LogP contribution in [0, 0.1) is 24.2 Å². The molecule has 2 heteroatoms. The molecule has 0 saturated heterocycles. The van der Waals surface area contributed by atoms with E-state index < -0.39 is 0 Å². The first-order chi connectivity index (χ1) is 5.72. The maximum absolute atomic E-state index is 5.61. The van der Waals surface area contributed by atoms with Gasteiger partial charge in [-0.1, -0.05) is 13.8 Å². The van der Waals surface area contributed by atoms with E-state index in [9.17, 15) is 0 Å². The third-order valence-corrected chi connectivity index (χ3v) is 2.10. The van der Waals surface area contributed by atoms with Crippen LogP contribution in [0.15, 0.2) is 0 Å². The molecule has 0 fully saturated rings. The maximum Gasteiger partial charge on any atom is 0.0211 e. The Morgan fingerprint density at radius 3 is 2.58 bits per heavy atom. The van der Waals surface area contributed by atoms with Crippen molar-refractivity contribution < 1.29 is 0 Å². The number of rotatable bonds is 6. The maximum atomic E-state index is 5.61. The van der Waals surface area contributed by atoms with E-state index in [2.05, 4.69) is 25.1 Å². The highest BCUT2D eigenvalue weighted by Gasteiger charge is 2.09. The van der Waals surface area contributed by atoms with Gasteiger partial charge < -0.3 is 11.1 Å². The lowest BCUT2D eigenvalue weighted by Gasteiger charge is -2.18. The van der Waals surface area contributed by atoms with E-state index in [1.807, 2.05) is 0 Å². The summed E-state index contributed by atoms with van der Waals surface area (Å²) in [5, 5.41) is 3.30. The van der Waals surface area contributed by atoms with Gasteiger partial charge in [0.15, 0.2) is 0 Å². The van der Waals surface area contributed by atoms with Crippen molar-refractivity contribution >= 4 is 0 Å². The third-order valence-electron chi connectivity index (χ3n) is 2.10. The van der Waals surface area contributed by atoms with Crippen molar-refractivity contribution in [2.24, 2.45) is 17.6 Å². The van der Waals surface area contributed by atoms with Gasteiger partial charge in [-0.2, -0.15) is 0 Å². The summed E-state index contributed by atoms with van der Waals surface area (Å²) < 4.78 is 0. The average Bonchev–Trinajstić information content (AvgIpc) is 2.04. The van der Waals surface area contributed by atoms with E-state index in [4.69, 9.17) is 12.2 Å². The van der Waals surface area contributed by atoms with E-state index in [1.165, 1.54) is 0 Å². The van der Waals surface area contributed by atoms with Crippen LogP contribution in [-0.2, 0) is 0 Å². The average molecular weight is 168 g/mol. The van der Waals surface area contributed by atoms with Gasteiger partial charge in [0.05, 0.1) is 0 Å². The first kappa shape index (κ1) is 11.5. The molecule has 1 atom stereocenters. The Hall–Kier alpha value is -0.520. The summed E-state index contributed by atoms with van der Waals surface area (Å²) in [7, 11) is 0. The number of terminal acetylenes is 1. The fraction of sp³-hybridized carbons (Fsp3) is 0.800. The van der Waals surface area contributed by atoms with Gasteiger partial charge in [-0.25, -0.2) is 0 Å². The van der Waals surface area contributed by atoms with E-state index in [0.29, 0.717) is 11.8 Å². The summed E-state index contributed by atoms with van der Waals surface area (Å²) in [6, 6.07) is 0. The minimum atomic E-state index is 0.572. The van der Waals surface area contributed by atoms with Crippen LogP contribution in [0.25, 0.3) is 0 Å². The molecule has 0 amide bonds. The van der Waals surface area contributed by atoms with Crippen LogP contribution in [-0.4, -0.2) is 19.6 Å². The quantitative estimate of drug-likeness (QED) is 0.455. The van der Waals surface area contributed by atoms with Crippen LogP contribution in [0.3, 0.4) is 0 Å². The third kappa shape index (κ3) is 5.17. The molecule has 0 heterocycles. The first-order valence-electron chi connectivity index (χ1n) is 4.56. The molecular formula is C10H20N2. The Bertz CT molecular complexity index is 135. The van der Waals surface area contributed by atoms with E-state index >= 15 is 0 Å². The van der Waals surface area contributed by atoms with Crippen molar-refractivity contribution in [1.29, 1.82) is 0 Å². The summed E-state index contributed by atoms with van der Waals surface area (Å²) in [5.74, 6) is 3.81. The van der Waals surface area contributed by atoms with Crippen LogP contribution in [0.2, 0.25) is 0 Å². The highest BCUT2D eigenvalue weighted by molar-refractivity contribution is 4.84. The Labute approximate surface area is 75.9 Å². The van der Waals surface area contributed by atoms with E-state index in [0.717, 1.165) is 26.1 Å². The molecule has 0 radical (unpaired) electrons. The molecule has 3 N–H and O–H groups in total. The van der Waals surface area contributed by atoms with Crippen molar-refractivity contribution in [2.75, 3.05) is 19.6 Å². The summed E-state index contributed by atoms with van der Waals surface area (Å²) in [6.45, 7) is 7.02. The predicted octanol–water partition coefficient (Wildman–Crippen LogP) is 0.830. The van der Waals surface area contributed by atoms with Gasteiger partial charge >= 0.3 is 0 Å². The second-order valence-electron chi connectivity index (χ2n) is 3.40. The highest BCUT2D eigenvalue weighted by atomic mass is 14.9. The zero-order valence-corrected chi connectivity index (χ0v) is 8.14. The molecular weight excluding hydrogens is 148 g/mol. The van der Waals surface area contributed by atoms with Crippen molar-refractivity contribution in [3.63, 3.8) is 0 Å². The Morgan fingerprint density at radius 1 is 1.50 bits per heavy atom. The lowest BCUT2D eigenvalue weighted by Crippen LogP contribution is -2.32. The molecule has 0 aromatic rings. The molecule has 0 saturated carbocycles. The smallest absolute Gasteiger partial charge is 0.0211 e. The molecule has 0 aromatic carbocycles. The minimum absolute atomic E-state index is 0.572. The van der Waals surface area contributed by atoms with Gasteiger partial charge in [0.25, 0.3) is 0 Å². The van der Waals surface area contributed by atoms with Gasteiger partial charge in [0, 0.05) is 13.0 Å². The fourth-order valence-corrected chi connectivity index (χ4v) is 1.04. The lowest BCUT2D eigenvalue weighted by atomic mass is 9.96. The number of nitrogens with two attached hydrogens (primary N) is 1. The monoisotopic (exact) mass is 168 g/mol. The second kappa shape index (κ2) is 7.15. The van der Waals surface area contributed by atoms with Crippen LogP contribution >= 0.6 is 0 Å². The SMILES string of the molecule is C#CCCNCC(CN)C(C)C. The van der Waals surface area contributed by atoms with Crippen molar-refractivity contribution in [3.8, 4) is 12.3 Å². The van der Waals surface area contributed by atoms with Crippen LogP contribution in [0.4, 0.5) is 0 Å². The molecule has 0 aromatic heterocycles. The molecule has 0 spiro atoms. The zero-order chi connectivity index (χ0) is 9.40. The predicted molar refractivity (Wildman–Crippen MR) is 53.7 cm³/mol. The summed E-state index contributed by atoms with van der Waals surface area (Å²) in [4.78, 5) is 0. The van der Waals surface area contributed by atoms with Crippen LogP contribution < -0.4 is 11.1 Å². The van der Waals surface area contributed by atoms with E-state index in [1.54, 1.807) is 0 Å². The van der Waals surface area contributed by atoms with Gasteiger partial charge in [0.1, 0.15) is 0 Å². The fourth-order valence-electron chi connectivity index (χ4n) is 1.04. The normalized spacial score (nSPS) is 12.9. The highest BCUT2D eigenvalue weighted by Crippen LogP contribution is 2.06. The molecule has 1 unspecified atom stereocenters. The minimum Gasteiger partial charge on any atom is -0.330 e. The second-order valence-corrected chi connectivity index (χ2v) is 3.40. The Balaban J connectivity index is 3.40. The summed E-state index contributed by atoms with van der Waals surface area (Å²) in [6.07, 6.45) is 5.92. The van der Waals surface area contributed by atoms with Gasteiger partial charge in [-0.05, 0) is 24.9 Å². The molecule has 0 aliphatic rings. The Morgan fingerprint density at radius 2 is 2.17 bits per heavy atom. The summed E-state index contributed by atoms with van der Waals surface area (Å²) in [5.41, 5.74) is 5.61. The molecule has 0 aliphatic carbocycles. The summed E-state index contributed by atoms with van der Waals surface area (Å²) >= 11 is 0. The Kier molecular flexibility index (Phi) is 6.84. The standard InChI is InChI=1S/C10H20N2/c1-4-5-6-12-8-10(7-11)9(2)3/h1,9-10,12H,5-8,11H2,2-3H3. The first-order valence-corrected chi connectivity index (χ1v) is 4.56. The molecule has 12 heavy (non-hydrogen) atoms. The van der Waals surface area contributed by atoms with Gasteiger partial charge in [-0.15, -0.1) is 12.3 Å². The van der Waals surface area contributed by atoms with Crippen molar-refractivity contribution in [3.05, 3.63) is 0 Å². The number of nitrogens with one attached hydrogen (secondary N) is 1. The number of hydrogen-bond acceptors (Lipinski definition) is 2. The topological polar surface area (TPSA) is 38.0 Å². The van der Waals surface area contributed by atoms with Crippen LogP contribution in [0.1, 0.15) is 20.3 Å². The van der Waals surface area contributed by atoms with Gasteiger partial charge in [-0.3, -0.25) is 0 Å². The molecule has 70 valence electrons. The lowest BCUT2D eigenvalue weighted by molar-refractivity contribution is 0.373.